The van der Waals surface area contributed by atoms with Crippen molar-refractivity contribution in [2.24, 2.45) is 11.8 Å². The molecule has 2 aliphatic rings. The van der Waals surface area contributed by atoms with E-state index in [1.54, 1.807) is 0 Å². The third-order valence-corrected chi connectivity index (χ3v) is 4.53. The van der Waals surface area contributed by atoms with Crippen LogP contribution < -0.4 is 0 Å². The Balaban J connectivity index is 1.87. The van der Waals surface area contributed by atoms with Gasteiger partial charge in [-0.25, -0.2) is 0 Å². The molecule has 0 spiro atoms. The number of hydrogen-bond acceptors (Lipinski definition) is 6. The molecule has 0 aromatic carbocycles. The van der Waals surface area contributed by atoms with E-state index >= 15 is 0 Å². The van der Waals surface area contributed by atoms with E-state index in [9.17, 15) is 0 Å². The minimum absolute atomic E-state index is 0.114. The zero-order chi connectivity index (χ0) is 18.8. The van der Waals surface area contributed by atoms with Gasteiger partial charge in [0.1, 0.15) is 12.2 Å². The summed E-state index contributed by atoms with van der Waals surface area (Å²) in [5.74, 6) is -0.596. The van der Waals surface area contributed by atoms with Crippen LogP contribution in [0.3, 0.4) is 0 Å². The molecule has 6 nitrogen and oxygen atoms in total. The van der Waals surface area contributed by atoms with Crippen molar-refractivity contribution in [1.82, 2.24) is 0 Å². The first-order chi connectivity index (χ1) is 11.5. The van der Waals surface area contributed by atoms with Gasteiger partial charge in [-0.15, -0.1) is 0 Å². The van der Waals surface area contributed by atoms with Gasteiger partial charge in [-0.3, -0.25) is 0 Å². The van der Waals surface area contributed by atoms with Crippen molar-refractivity contribution < 1.29 is 28.3 Å². The smallest absolute Gasteiger partial charge is 0.407 e. The molecule has 0 aromatic heterocycles. The Morgan fingerprint density at radius 2 is 1.12 bits per heavy atom. The summed E-state index contributed by atoms with van der Waals surface area (Å²) in [6.45, 7) is 17.1. The standard InChI is InChI=1S/C18H34BO6/c1-11(2)15(13-9-20-17(5,6)22-13)24-19-25-16(12(3)4)14-10-21-18(7,8)23-14/h11-16H,9-10H2,1-8H3. The molecule has 0 aliphatic carbocycles. The van der Waals surface area contributed by atoms with Gasteiger partial charge in [0.05, 0.1) is 25.4 Å². The van der Waals surface area contributed by atoms with E-state index in [4.69, 9.17) is 28.3 Å². The molecule has 145 valence electrons. The van der Waals surface area contributed by atoms with Gasteiger partial charge in [0, 0.05) is 0 Å². The molecule has 2 rings (SSSR count). The summed E-state index contributed by atoms with van der Waals surface area (Å²) in [5, 5.41) is 0. The van der Waals surface area contributed by atoms with Gasteiger partial charge in [-0.2, -0.15) is 0 Å². The maximum atomic E-state index is 5.94. The van der Waals surface area contributed by atoms with Gasteiger partial charge in [-0.1, -0.05) is 27.7 Å². The van der Waals surface area contributed by atoms with Crippen LogP contribution in [-0.4, -0.2) is 56.9 Å². The lowest BCUT2D eigenvalue weighted by Gasteiger charge is -2.30. The molecule has 25 heavy (non-hydrogen) atoms. The fourth-order valence-corrected chi connectivity index (χ4v) is 3.26. The minimum Gasteiger partial charge on any atom is -0.407 e. The predicted molar refractivity (Wildman–Crippen MR) is 95.0 cm³/mol. The Labute approximate surface area is 153 Å². The summed E-state index contributed by atoms with van der Waals surface area (Å²) >= 11 is 0. The largest absolute Gasteiger partial charge is 0.488 e. The molecule has 0 N–H and O–H groups in total. The van der Waals surface area contributed by atoms with E-state index in [2.05, 4.69) is 27.7 Å². The third kappa shape index (κ3) is 5.91. The molecule has 2 heterocycles. The Morgan fingerprint density at radius 3 is 1.36 bits per heavy atom. The number of hydrogen-bond donors (Lipinski definition) is 0. The van der Waals surface area contributed by atoms with Crippen molar-refractivity contribution in [2.75, 3.05) is 13.2 Å². The van der Waals surface area contributed by atoms with Crippen molar-refractivity contribution in [3.63, 3.8) is 0 Å². The maximum Gasteiger partial charge on any atom is 0.488 e. The number of ether oxygens (including phenoxy) is 4. The highest BCUT2D eigenvalue weighted by Gasteiger charge is 2.41. The first-order valence-corrected chi connectivity index (χ1v) is 9.27. The summed E-state index contributed by atoms with van der Waals surface area (Å²) in [7, 11) is 1.44. The molecule has 0 amide bonds. The van der Waals surface area contributed by atoms with E-state index in [0.29, 0.717) is 13.2 Å². The summed E-state index contributed by atoms with van der Waals surface area (Å²) < 4.78 is 35.0. The second-order valence-electron chi connectivity index (χ2n) is 8.52. The molecule has 2 fully saturated rings. The van der Waals surface area contributed by atoms with Crippen molar-refractivity contribution in [1.29, 1.82) is 0 Å². The molecular weight excluding hydrogens is 323 g/mol. The molecule has 0 saturated carbocycles. The Morgan fingerprint density at radius 1 is 0.760 bits per heavy atom. The summed E-state index contributed by atoms with van der Waals surface area (Å²) in [6.07, 6.45) is -0.492. The Kier molecular flexibility index (Phi) is 6.96. The minimum atomic E-state index is -0.566. The van der Waals surface area contributed by atoms with E-state index in [1.807, 2.05) is 27.7 Å². The lowest BCUT2D eigenvalue weighted by Crippen LogP contribution is -2.42. The predicted octanol–water partition coefficient (Wildman–Crippen LogP) is 2.91. The van der Waals surface area contributed by atoms with Crippen LogP contribution in [-0.2, 0) is 28.3 Å². The highest BCUT2D eigenvalue weighted by Crippen LogP contribution is 2.30. The average molecular weight is 357 g/mol. The number of rotatable bonds is 8. The fourth-order valence-electron chi connectivity index (χ4n) is 3.26. The average Bonchev–Trinajstić information content (AvgIpc) is 3.00. The van der Waals surface area contributed by atoms with Crippen LogP contribution in [0.2, 0.25) is 0 Å². The van der Waals surface area contributed by atoms with Crippen LogP contribution in [0.25, 0.3) is 0 Å². The molecule has 2 aliphatic heterocycles. The lowest BCUT2D eigenvalue weighted by atomic mass is 9.99. The van der Waals surface area contributed by atoms with Crippen LogP contribution in [0.1, 0.15) is 55.4 Å². The van der Waals surface area contributed by atoms with Crippen LogP contribution >= 0.6 is 0 Å². The molecule has 1 radical (unpaired) electrons. The monoisotopic (exact) mass is 357 g/mol. The normalized spacial score (nSPS) is 30.8. The molecule has 0 bridgehead atoms. The quantitative estimate of drug-likeness (QED) is 0.623. The van der Waals surface area contributed by atoms with Crippen LogP contribution in [0.15, 0.2) is 0 Å². The van der Waals surface area contributed by atoms with Crippen LogP contribution in [0.4, 0.5) is 0 Å². The molecule has 2 saturated heterocycles. The summed E-state index contributed by atoms with van der Waals surface area (Å²) in [4.78, 5) is 0. The van der Waals surface area contributed by atoms with Gasteiger partial charge in [0.25, 0.3) is 0 Å². The fraction of sp³-hybridized carbons (Fsp3) is 1.00. The highest BCUT2D eigenvalue weighted by molar-refractivity contribution is 6.18. The maximum absolute atomic E-state index is 5.94. The molecule has 4 atom stereocenters. The second kappa shape index (κ2) is 8.23. The van der Waals surface area contributed by atoms with Crippen LogP contribution in [0.5, 0.6) is 0 Å². The topological polar surface area (TPSA) is 55.4 Å². The van der Waals surface area contributed by atoms with Gasteiger partial charge in [0.15, 0.2) is 11.6 Å². The lowest BCUT2D eigenvalue weighted by molar-refractivity contribution is -0.157. The second-order valence-corrected chi connectivity index (χ2v) is 8.52. The first kappa shape index (κ1) is 21.1. The van der Waals surface area contributed by atoms with E-state index in [-0.39, 0.29) is 36.3 Å². The van der Waals surface area contributed by atoms with Crippen molar-refractivity contribution >= 4 is 7.69 Å². The summed E-state index contributed by atoms with van der Waals surface area (Å²) in [6, 6.07) is 0. The highest BCUT2D eigenvalue weighted by atomic mass is 16.8. The van der Waals surface area contributed by atoms with E-state index in [0.717, 1.165) is 0 Å². The molecular formula is C18H34BO6. The van der Waals surface area contributed by atoms with Gasteiger partial charge in [0.2, 0.25) is 0 Å². The SMILES string of the molecule is CC(C)C(O[B]OC(C(C)C)C1COC(C)(C)O1)C1COC(C)(C)O1. The van der Waals surface area contributed by atoms with Gasteiger partial charge >= 0.3 is 7.69 Å². The van der Waals surface area contributed by atoms with E-state index < -0.39 is 11.6 Å². The van der Waals surface area contributed by atoms with Gasteiger partial charge < -0.3 is 28.3 Å². The molecule has 7 heteroatoms. The molecule has 0 aromatic rings. The van der Waals surface area contributed by atoms with Gasteiger partial charge in [-0.05, 0) is 39.5 Å². The zero-order valence-corrected chi connectivity index (χ0v) is 16.9. The van der Waals surface area contributed by atoms with Crippen molar-refractivity contribution in [3.8, 4) is 0 Å². The summed E-state index contributed by atoms with van der Waals surface area (Å²) in [5.41, 5.74) is 0. The van der Waals surface area contributed by atoms with Crippen LogP contribution in [0, 0.1) is 11.8 Å². The van der Waals surface area contributed by atoms with E-state index in [1.165, 1.54) is 7.69 Å². The first-order valence-electron chi connectivity index (χ1n) is 9.27. The Bertz CT molecular complexity index is 388. The van der Waals surface area contributed by atoms with Crippen molar-refractivity contribution in [2.45, 2.75) is 91.4 Å². The Hall–Kier alpha value is -0.175. The zero-order valence-electron chi connectivity index (χ0n) is 16.9. The van der Waals surface area contributed by atoms with Crippen molar-refractivity contribution in [3.05, 3.63) is 0 Å². The molecule has 4 unspecified atom stereocenters. The third-order valence-electron chi connectivity index (χ3n) is 4.53.